The van der Waals surface area contributed by atoms with Crippen LogP contribution < -0.4 is 0 Å². The summed E-state index contributed by atoms with van der Waals surface area (Å²) in [5, 5.41) is 0. The highest BCUT2D eigenvalue weighted by Gasteiger charge is 2.23. The zero-order valence-corrected chi connectivity index (χ0v) is 8.36. The Labute approximate surface area is 81.5 Å². The van der Waals surface area contributed by atoms with E-state index in [1.165, 1.54) is 4.88 Å². The number of nitrogens with zero attached hydrogens (tertiary/aromatic N) is 1. The summed E-state index contributed by atoms with van der Waals surface area (Å²) in [4.78, 5) is 15.7. The maximum atomic E-state index is 11.6. The molecule has 0 unspecified atom stereocenters. The highest BCUT2D eigenvalue weighted by atomic mass is 32.1. The van der Waals surface area contributed by atoms with Gasteiger partial charge in [0.15, 0.2) is 0 Å². The van der Waals surface area contributed by atoms with Gasteiger partial charge in [-0.25, -0.2) is 0 Å². The molecule has 0 spiro atoms. The van der Waals surface area contributed by atoms with Crippen molar-refractivity contribution in [1.82, 2.24) is 4.90 Å². The van der Waals surface area contributed by atoms with Crippen molar-refractivity contribution < 1.29 is 4.79 Å². The van der Waals surface area contributed by atoms with E-state index in [9.17, 15) is 4.79 Å². The Kier molecular flexibility index (Phi) is 1.96. The van der Waals surface area contributed by atoms with Crippen molar-refractivity contribution in [2.75, 3.05) is 13.6 Å². The molecule has 2 rings (SSSR count). The van der Waals surface area contributed by atoms with Gasteiger partial charge in [0.1, 0.15) is 0 Å². The second-order valence-corrected chi connectivity index (χ2v) is 4.33. The van der Waals surface area contributed by atoms with Crippen molar-refractivity contribution in [2.45, 2.75) is 6.42 Å². The second kappa shape index (κ2) is 3.00. The van der Waals surface area contributed by atoms with Gasteiger partial charge >= 0.3 is 0 Å². The van der Waals surface area contributed by atoms with Crippen molar-refractivity contribution in [3.63, 3.8) is 0 Å². The van der Waals surface area contributed by atoms with E-state index in [1.807, 2.05) is 13.1 Å². The molecule has 1 aromatic rings. The summed E-state index contributed by atoms with van der Waals surface area (Å²) in [6, 6.07) is 1.94. The number of carbonyl (C=O) groups is 1. The number of fused-ring (bicyclic) bond motifs is 1. The number of hydrogen-bond donors (Lipinski definition) is 0. The van der Waals surface area contributed by atoms with Crippen LogP contribution in [-0.2, 0) is 6.42 Å². The molecule has 1 aliphatic heterocycles. The van der Waals surface area contributed by atoms with Gasteiger partial charge in [-0.15, -0.1) is 11.3 Å². The number of rotatable bonds is 1. The lowest BCUT2D eigenvalue weighted by atomic mass is 10.1. The number of carbonyl (C=O) groups excluding carboxylic acids is 1. The first-order chi connectivity index (χ1) is 6.22. The number of amides is 1. The minimum atomic E-state index is 0.144. The molecule has 0 radical (unpaired) electrons. The summed E-state index contributed by atoms with van der Waals surface area (Å²) in [7, 11) is 1.84. The third-order valence-corrected chi connectivity index (χ3v) is 3.47. The molecule has 2 nitrogen and oxygen atoms in total. The standard InChI is InChI=1S/C10H11NOS/c1-3-7-6-8-9(13-7)4-5-11(2)10(8)12/h3,6H,1,4-5H2,2H3. The van der Waals surface area contributed by atoms with Crippen LogP contribution in [0, 0.1) is 0 Å². The monoisotopic (exact) mass is 193 g/mol. The van der Waals surface area contributed by atoms with Gasteiger partial charge in [0.2, 0.25) is 0 Å². The molecule has 0 saturated heterocycles. The Balaban J connectivity index is 2.47. The molecule has 2 heterocycles. The Hall–Kier alpha value is -1.09. The minimum Gasteiger partial charge on any atom is -0.341 e. The molecule has 1 aliphatic rings. The van der Waals surface area contributed by atoms with Crippen LogP contribution in [0.3, 0.4) is 0 Å². The van der Waals surface area contributed by atoms with Gasteiger partial charge < -0.3 is 4.90 Å². The van der Waals surface area contributed by atoms with Crippen LogP contribution in [0.1, 0.15) is 20.1 Å². The largest absolute Gasteiger partial charge is 0.341 e. The van der Waals surface area contributed by atoms with Crippen molar-refractivity contribution in [3.8, 4) is 0 Å². The molecule has 0 bridgehead atoms. The SMILES string of the molecule is C=Cc1cc2c(s1)CCN(C)C2=O. The molecule has 13 heavy (non-hydrogen) atoms. The van der Waals surface area contributed by atoms with Gasteiger partial charge in [-0.3, -0.25) is 4.79 Å². The first-order valence-corrected chi connectivity index (χ1v) is 5.04. The maximum Gasteiger partial charge on any atom is 0.254 e. The molecule has 0 fully saturated rings. The fraction of sp³-hybridized carbons (Fsp3) is 0.300. The van der Waals surface area contributed by atoms with Gasteiger partial charge in [-0.2, -0.15) is 0 Å². The van der Waals surface area contributed by atoms with E-state index < -0.39 is 0 Å². The first-order valence-electron chi connectivity index (χ1n) is 4.23. The van der Waals surface area contributed by atoms with Gasteiger partial charge in [0, 0.05) is 29.8 Å². The first kappa shape index (κ1) is 8.51. The van der Waals surface area contributed by atoms with Crippen LogP contribution in [0.15, 0.2) is 12.6 Å². The van der Waals surface area contributed by atoms with E-state index in [-0.39, 0.29) is 5.91 Å². The Morgan fingerprint density at radius 2 is 2.46 bits per heavy atom. The van der Waals surface area contributed by atoms with E-state index in [1.54, 1.807) is 22.3 Å². The Bertz CT molecular complexity index is 367. The molecule has 0 atom stereocenters. The molecule has 0 aromatic carbocycles. The van der Waals surface area contributed by atoms with Crippen LogP contribution in [0.4, 0.5) is 0 Å². The summed E-state index contributed by atoms with van der Waals surface area (Å²) >= 11 is 1.68. The fourth-order valence-electron chi connectivity index (χ4n) is 1.49. The lowest BCUT2D eigenvalue weighted by Gasteiger charge is -2.21. The van der Waals surface area contributed by atoms with Crippen molar-refractivity contribution in [3.05, 3.63) is 28.0 Å². The molecule has 3 heteroatoms. The molecular formula is C10H11NOS. The van der Waals surface area contributed by atoms with Gasteiger partial charge in [0.05, 0.1) is 5.56 Å². The summed E-state index contributed by atoms with van der Waals surface area (Å²) in [5.74, 6) is 0.144. The molecule has 0 N–H and O–H groups in total. The topological polar surface area (TPSA) is 20.3 Å². The minimum absolute atomic E-state index is 0.144. The lowest BCUT2D eigenvalue weighted by Crippen LogP contribution is -2.32. The lowest BCUT2D eigenvalue weighted by molar-refractivity contribution is 0.0782. The predicted octanol–water partition coefficient (Wildman–Crippen LogP) is 2.02. The van der Waals surface area contributed by atoms with E-state index in [0.717, 1.165) is 23.4 Å². The number of hydrogen-bond acceptors (Lipinski definition) is 2. The van der Waals surface area contributed by atoms with E-state index >= 15 is 0 Å². The average Bonchev–Trinajstić information content (AvgIpc) is 2.55. The highest BCUT2D eigenvalue weighted by Crippen LogP contribution is 2.27. The third kappa shape index (κ3) is 1.29. The molecule has 1 aromatic heterocycles. The van der Waals surface area contributed by atoms with E-state index in [2.05, 4.69) is 6.58 Å². The molecule has 1 amide bonds. The third-order valence-electron chi connectivity index (χ3n) is 2.28. The van der Waals surface area contributed by atoms with E-state index in [4.69, 9.17) is 0 Å². The zero-order valence-electron chi connectivity index (χ0n) is 7.54. The van der Waals surface area contributed by atoms with Crippen LogP contribution in [-0.4, -0.2) is 24.4 Å². The van der Waals surface area contributed by atoms with Crippen molar-refractivity contribution >= 4 is 23.3 Å². The smallest absolute Gasteiger partial charge is 0.254 e. The number of thiophene rings is 1. The fourth-order valence-corrected chi connectivity index (χ4v) is 2.49. The normalized spacial score (nSPS) is 15.8. The number of likely N-dealkylation sites (N-methyl/N-ethyl adjacent to an activating group) is 1. The van der Waals surface area contributed by atoms with E-state index in [0.29, 0.717) is 0 Å². The quantitative estimate of drug-likeness (QED) is 0.668. The van der Waals surface area contributed by atoms with Gasteiger partial charge in [-0.05, 0) is 6.07 Å². The highest BCUT2D eigenvalue weighted by molar-refractivity contribution is 7.13. The Morgan fingerprint density at radius 1 is 1.69 bits per heavy atom. The molecule has 0 aliphatic carbocycles. The van der Waals surface area contributed by atoms with Crippen LogP contribution in [0.2, 0.25) is 0 Å². The zero-order chi connectivity index (χ0) is 9.42. The molecule has 0 saturated carbocycles. The summed E-state index contributed by atoms with van der Waals surface area (Å²) in [5.41, 5.74) is 0.869. The average molecular weight is 193 g/mol. The van der Waals surface area contributed by atoms with Crippen LogP contribution >= 0.6 is 11.3 Å². The van der Waals surface area contributed by atoms with Crippen molar-refractivity contribution in [2.24, 2.45) is 0 Å². The summed E-state index contributed by atoms with van der Waals surface area (Å²) in [6.07, 6.45) is 2.78. The van der Waals surface area contributed by atoms with Crippen LogP contribution in [0.5, 0.6) is 0 Å². The maximum absolute atomic E-state index is 11.6. The van der Waals surface area contributed by atoms with Crippen LogP contribution in [0.25, 0.3) is 6.08 Å². The summed E-state index contributed by atoms with van der Waals surface area (Å²) < 4.78 is 0. The molecule has 68 valence electrons. The summed E-state index contributed by atoms with van der Waals surface area (Å²) in [6.45, 7) is 4.54. The van der Waals surface area contributed by atoms with Gasteiger partial charge in [0.25, 0.3) is 5.91 Å². The van der Waals surface area contributed by atoms with Crippen molar-refractivity contribution in [1.29, 1.82) is 0 Å². The predicted molar refractivity (Wildman–Crippen MR) is 55.1 cm³/mol. The molecular weight excluding hydrogens is 182 g/mol. The van der Waals surface area contributed by atoms with Gasteiger partial charge in [-0.1, -0.05) is 12.7 Å². The Morgan fingerprint density at radius 3 is 3.15 bits per heavy atom. The second-order valence-electron chi connectivity index (χ2n) is 3.17.